The topological polar surface area (TPSA) is 69.6 Å². The molecule has 0 radical (unpaired) electrons. The van der Waals surface area contributed by atoms with Crippen molar-refractivity contribution in [1.82, 2.24) is 4.90 Å². The molecule has 0 bridgehead atoms. The van der Waals surface area contributed by atoms with Crippen molar-refractivity contribution in [2.24, 2.45) is 0 Å². The standard InChI is InChI=1S/C15H19FN2O3/c1-18(11-5-3-2-4-6-11)15(21)17-10-7-8-13(16)12(9-10)14(19)20/h7-9,11H,2-6H2,1H3,(H,17,21)(H,19,20). The summed E-state index contributed by atoms with van der Waals surface area (Å²) in [7, 11) is 1.73. The van der Waals surface area contributed by atoms with Crippen LogP contribution in [0.3, 0.4) is 0 Å². The van der Waals surface area contributed by atoms with Crippen molar-refractivity contribution in [1.29, 1.82) is 0 Å². The maximum absolute atomic E-state index is 13.3. The zero-order valence-corrected chi connectivity index (χ0v) is 11.9. The van der Waals surface area contributed by atoms with Crippen LogP contribution >= 0.6 is 0 Å². The quantitative estimate of drug-likeness (QED) is 0.898. The molecular formula is C15H19FN2O3. The SMILES string of the molecule is CN(C(=O)Nc1ccc(F)c(C(=O)O)c1)C1CCCCC1. The van der Waals surface area contributed by atoms with Crippen LogP contribution in [0, 0.1) is 5.82 Å². The fourth-order valence-corrected chi connectivity index (χ4v) is 2.61. The van der Waals surface area contributed by atoms with Gasteiger partial charge in [-0.15, -0.1) is 0 Å². The van der Waals surface area contributed by atoms with E-state index in [-0.39, 0.29) is 17.8 Å². The minimum Gasteiger partial charge on any atom is -0.478 e. The molecule has 21 heavy (non-hydrogen) atoms. The number of carboxylic acid groups (broad SMARTS) is 1. The number of carbonyl (C=O) groups is 2. The number of carbonyl (C=O) groups excluding carboxylic acids is 1. The Morgan fingerprint density at radius 1 is 1.29 bits per heavy atom. The predicted octanol–water partition coefficient (Wildman–Crippen LogP) is 3.32. The number of urea groups is 1. The fourth-order valence-electron chi connectivity index (χ4n) is 2.61. The molecule has 1 aliphatic carbocycles. The highest BCUT2D eigenvalue weighted by Crippen LogP contribution is 2.22. The van der Waals surface area contributed by atoms with Gasteiger partial charge in [0.2, 0.25) is 0 Å². The Hall–Kier alpha value is -2.11. The van der Waals surface area contributed by atoms with Gasteiger partial charge in [0.15, 0.2) is 0 Å². The van der Waals surface area contributed by atoms with E-state index in [1.807, 2.05) is 0 Å². The Labute approximate surface area is 122 Å². The smallest absolute Gasteiger partial charge is 0.338 e. The van der Waals surface area contributed by atoms with Gasteiger partial charge in [0.1, 0.15) is 5.82 Å². The number of hydrogen-bond donors (Lipinski definition) is 2. The van der Waals surface area contributed by atoms with Gasteiger partial charge in [0.25, 0.3) is 0 Å². The maximum atomic E-state index is 13.3. The highest BCUT2D eigenvalue weighted by atomic mass is 19.1. The molecule has 2 N–H and O–H groups in total. The van der Waals surface area contributed by atoms with Crippen LogP contribution in [-0.4, -0.2) is 35.1 Å². The van der Waals surface area contributed by atoms with Crippen molar-refractivity contribution in [3.63, 3.8) is 0 Å². The van der Waals surface area contributed by atoms with E-state index in [1.54, 1.807) is 11.9 Å². The second-order valence-corrected chi connectivity index (χ2v) is 5.33. The van der Waals surface area contributed by atoms with E-state index >= 15 is 0 Å². The summed E-state index contributed by atoms with van der Waals surface area (Å²) in [6.45, 7) is 0. The zero-order valence-electron chi connectivity index (χ0n) is 11.9. The lowest BCUT2D eigenvalue weighted by atomic mass is 9.95. The van der Waals surface area contributed by atoms with E-state index in [4.69, 9.17) is 5.11 Å². The lowest BCUT2D eigenvalue weighted by molar-refractivity contribution is 0.0692. The van der Waals surface area contributed by atoms with Crippen molar-refractivity contribution in [3.8, 4) is 0 Å². The molecule has 6 heteroatoms. The van der Waals surface area contributed by atoms with E-state index in [1.165, 1.54) is 12.5 Å². The number of anilines is 1. The Morgan fingerprint density at radius 3 is 2.57 bits per heavy atom. The Morgan fingerprint density at radius 2 is 1.95 bits per heavy atom. The van der Waals surface area contributed by atoms with Gasteiger partial charge in [-0.1, -0.05) is 19.3 Å². The molecule has 114 valence electrons. The summed E-state index contributed by atoms with van der Waals surface area (Å²) in [4.78, 5) is 24.7. The van der Waals surface area contributed by atoms with E-state index in [9.17, 15) is 14.0 Å². The number of amides is 2. The van der Waals surface area contributed by atoms with Gasteiger partial charge in [-0.2, -0.15) is 0 Å². The third-order valence-electron chi connectivity index (χ3n) is 3.89. The molecule has 0 aromatic heterocycles. The van der Waals surface area contributed by atoms with E-state index in [0.717, 1.165) is 37.8 Å². The van der Waals surface area contributed by atoms with Crippen LogP contribution < -0.4 is 5.32 Å². The van der Waals surface area contributed by atoms with E-state index in [2.05, 4.69) is 5.32 Å². The molecule has 1 aromatic rings. The van der Waals surface area contributed by atoms with Crippen molar-refractivity contribution < 1.29 is 19.1 Å². The molecule has 1 aliphatic rings. The first kappa shape index (κ1) is 15.3. The first-order valence-electron chi connectivity index (χ1n) is 7.05. The number of carboxylic acids is 1. The molecule has 2 amide bonds. The minimum absolute atomic E-state index is 0.207. The number of nitrogens with one attached hydrogen (secondary N) is 1. The third kappa shape index (κ3) is 3.71. The lowest BCUT2D eigenvalue weighted by Crippen LogP contribution is -2.40. The van der Waals surface area contributed by atoms with Crippen molar-refractivity contribution in [3.05, 3.63) is 29.6 Å². The molecule has 1 saturated carbocycles. The van der Waals surface area contributed by atoms with Crippen molar-refractivity contribution >= 4 is 17.7 Å². The number of aromatic carboxylic acids is 1. The molecule has 0 unspecified atom stereocenters. The molecular weight excluding hydrogens is 275 g/mol. The van der Waals surface area contributed by atoms with Gasteiger partial charge in [-0.25, -0.2) is 14.0 Å². The number of nitrogens with zero attached hydrogens (tertiary/aromatic N) is 1. The van der Waals surface area contributed by atoms with Crippen LogP contribution in [-0.2, 0) is 0 Å². The second-order valence-electron chi connectivity index (χ2n) is 5.33. The molecule has 0 aliphatic heterocycles. The van der Waals surface area contributed by atoms with Crippen LogP contribution in [0.2, 0.25) is 0 Å². The first-order chi connectivity index (χ1) is 9.99. The summed E-state index contributed by atoms with van der Waals surface area (Å²) < 4.78 is 13.3. The summed E-state index contributed by atoms with van der Waals surface area (Å²) in [6, 6.07) is 3.43. The average molecular weight is 294 g/mol. The Bertz CT molecular complexity index is 542. The molecule has 0 atom stereocenters. The number of benzene rings is 1. The molecule has 0 spiro atoms. The van der Waals surface area contributed by atoms with Gasteiger partial charge in [0, 0.05) is 18.8 Å². The van der Waals surface area contributed by atoms with Crippen LogP contribution in [0.15, 0.2) is 18.2 Å². The normalized spacial score (nSPS) is 15.5. The Balaban J connectivity index is 2.05. The van der Waals surface area contributed by atoms with Crippen molar-refractivity contribution in [2.45, 2.75) is 38.1 Å². The second kappa shape index (κ2) is 6.56. The molecule has 5 nitrogen and oxygen atoms in total. The van der Waals surface area contributed by atoms with Crippen molar-refractivity contribution in [2.75, 3.05) is 12.4 Å². The minimum atomic E-state index is -1.36. The fraction of sp³-hybridized carbons (Fsp3) is 0.467. The van der Waals surface area contributed by atoms with Gasteiger partial charge in [-0.3, -0.25) is 0 Å². The summed E-state index contributed by atoms with van der Waals surface area (Å²) >= 11 is 0. The Kier molecular flexibility index (Phi) is 4.77. The van der Waals surface area contributed by atoms with Crippen LogP contribution in [0.1, 0.15) is 42.5 Å². The summed E-state index contributed by atoms with van der Waals surface area (Å²) in [5, 5.41) is 11.5. The van der Waals surface area contributed by atoms with Crippen LogP contribution in [0.4, 0.5) is 14.9 Å². The third-order valence-corrected chi connectivity index (χ3v) is 3.89. The predicted molar refractivity (Wildman–Crippen MR) is 77.0 cm³/mol. The number of halogens is 1. The van der Waals surface area contributed by atoms with Crippen LogP contribution in [0.25, 0.3) is 0 Å². The first-order valence-corrected chi connectivity index (χ1v) is 7.05. The molecule has 2 rings (SSSR count). The highest BCUT2D eigenvalue weighted by molar-refractivity contribution is 5.93. The molecule has 0 heterocycles. The number of rotatable bonds is 3. The maximum Gasteiger partial charge on any atom is 0.338 e. The van der Waals surface area contributed by atoms with E-state index < -0.39 is 17.3 Å². The average Bonchev–Trinajstić information content (AvgIpc) is 2.49. The van der Waals surface area contributed by atoms with Gasteiger partial charge >= 0.3 is 12.0 Å². The largest absolute Gasteiger partial charge is 0.478 e. The number of hydrogen-bond acceptors (Lipinski definition) is 2. The van der Waals surface area contributed by atoms with Gasteiger partial charge in [-0.05, 0) is 31.0 Å². The van der Waals surface area contributed by atoms with Gasteiger partial charge in [0.05, 0.1) is 5.56 Å². The monoisotopic (exact) mass is 294 g/mol. The molecule has 0 saturated heterocycles. The summed E-state index contributed by atoms with van der Waals surface area (Å²) in [5.41, 5.74) is -0.172. The summed E-state index contributed by atoms with van der Waals surface area (Å²) in [6.07, 6.45) is 5.39. The summed E-state index contributed by atoms with van der Waals surface area (Å²) in [5.74, 6) is -2.18. The molecule has 1 aromatic carbocycles. The van der Waals surface area contributed by atoms with E-state index in [0.29, 0.717) is 0 Å². The molecule has 1 fully saturated rings. The van der Waals surface area contributed by atoms with Gasteiger partial charge < -0.3 is 15.3 Å². The zero-order chi connectivity index (χ0) is 15.4. The lowest BCUT2D eigenvalue weighted by Gasteiger charge is -2.31. The highest BCUT2D eigenvalue weighted by Gasteiger charge is 2.22. The van der Waals surface area contributed by atoms with Crippen LogP contribution in [0.5, 0.6) is 0 Å².